The number of anilines is 1. The monoisotopic (exact) mass is 601 g/mol. The number of nitrogens with one attached hydrogen (secondary N) is 1. The van der Waals surface area contributed by atoms with E-state index in [0.29, 0.717) is 5.75 Å². The molecule has 0 heterocycles. The summed E-state index contributed by atoms with van der Waals surface area (Å²) in [4.78, 5) is 27.9. The van der Waals surface area contributed by atoms with Crippen molar-refractivity contribution in [2.24, 2.45) is 0 Å². The van der Waals surface area contributed by atoms with Crippen LogP contribution in [0.1, 0.15) is 23.6 Å². The highest BCUT2D eigenvalue weighted by atomic mass is 79.9. The third-order valence-corrected chi connectivity index (χ3v) is 8.47. The molecular weight excluding hydrogens is 570 g/mol. The largest absolute Gasteiger partial charge is 0.495 e. The van der Waals surface area contributed by atoms with E-state index in [0.717, 1.165) is 25.5 Å². The molecule has 3 aromatic carbocycles. The van der Waals surface area contributed by atoms with Gasteiger partial charge in [0.15, 0.2) is 0 Å². The van der Waals surface area contributed by atoms with E-state index in [1.165, 1.54) is 31.2 Å². The first-order chi connectivity index (χ1) is 18.0. The fourth-order valence-corrected chi connectivity index (χ4v) is 5.60. The van der Waals surface area contributed by atoms with Gasteiger partial charge in [-0.15, -0.1) is 0 Å². The number of rotatable bonds is 10. The molecular formula is C28H32BrN3O5S. The van der Waals surface area contributed by atoms with Gasteiger partial charge in [0.1, 0.15) is 18.3 Å². The molecule has 0 aliphatic carbocycles. The van der Waals surface area contributed by atoms with Crippen molar-refractivity contribution in [3.63, 3.8) is 0 Å². The van der Waals surface area contributed by atoms with Gasteiger partial charge in [0, 0.05) is 18.1 Å². The third-order valence-electron chi connectivity index (χ3n) is 6.17. The molecule has 0 aliphatic rings. The van der Waals surface area contributed by atoms with Gasteiger partial charge in [0.25, 0.3) is 10.0 Å². The minimum atomic E-state index is -4.18. The maximum atomic E-state index is 14.0. The molecule has 0 saturated heterocycles. The van der Waals surface area contributed by atoms with E-state index >= 15 is 0 Å². The van der Waals surface area contributed by atoms with Crippen LogP contribution in [0.4, 0.5) is 5.69 Å². The summed E-state index contributed by atoms with van der Waals surface area (Å²) in [7, 11) is -1.24. The zero-order valence-corrected chi connectivity index (χ0v) is 24.5. The average Bonchev–Trinajstić information content (AvgIpc) is 2.90. The summed E-state index contributed by atoms with van der Waals surface area (Å²) < 4.78 is 35.3. The Morgan fingerprint density at radius 2 is 1.58 bits per heavy atom. The maximum absolute atomic E-state index is 14.0. The minimum absolute atomic E-state index is 0.0401. The van der Waals surface area contributed by atoms with Crippen LogP contribution in [0.5, 0.6) is 5.75 Å². The first kappa shape index (κ1) is 29.2. The molecule has 1 atom stereocenters. The zero-order valence-electron chi connectivity index (χ0n) is 22.1. The molecule has 0 spiro atoms. The highest BCUT2D eigenvalue weighted by Crippen LogP contribution is 2.34. The van der Waals surface area contributed by atoms with Crippen LogP contribution in [0, 0.1) is 13.8 Å². The van der Waals surface area contributed by atoms with Gasteiger partial charge >= 0.3 is 0 Å². The van der Waals surface area contributed by atoms with Gasteiger partial charge in [0.05, 0.1) is 17.7 Å². The molecule has 0 fully saturated rings. The molecule has 202 valence electrons. The Kier molecular flexibility index (Phi) is 9.56. The molecule has 0 aromatic heterocycles. The van der Waals surface area contributed by atoms with Crippen LogP contribution >= 0.6 is 15.9 Å². The van der Waals surface area contributed by atoms with Crippen molar-refractivity contribution in [2.75, 3.05) is 25.0 Å². The lowest BCUT2D eigenvalue weighted by Crippen LogP contribution is -2.50. The van der Waals surface area contributed by atoms with Gasteiger partial charge in [-0.25, -0.2) is 8.42 Å². The number of halogens is 1. The molecule has 2 amide bonds. The Morgan fingerprint density at radius 1 is 0.974 bits per heavy atom. The standard InChI is InChI=1S/C28H32BrN3O5S/c1-19-6-13-24(14-7-19)38(35,36)32(25-16-20(2)8-15-26(25)37-5)18-27(33)31(21(3)28(34)30-4)17-22-9-11-23(29)12-10-22/h6-16,21H,17-18H2,1-5H3,(H,30,34)/t21-/m1/s1. The number of hydrogen-bond acceptors (Lipinski definition) is 5. The summed E-state index contributed by atoms with van der Waals surface area (Å²) >= 11 is 3.40. The number of benzene rings is 3. The number of amides is 2. The molecule has 3 rings (SSSR count). The molecule has 3 aromatic rings. The second-order valence-electron chi connectivity index (χ2n) is 8.94. The first-order valence-corrected chi connectivity index (χ1v) is 14.2. The smallest absolute Gasteiger partial charge is 0.264 e. The molecule has 0 bridgehead atoms. The van der Waals surface area contributed by atoms with E-state index in [-0.39, 0.29) is 23.0 Å². The van der Waals surface area contributed by atoms with Crippen molar-refractivity contribution in [3.05, 3.63) is 87.9 Å². The van der Waals surface area contributed by atoms with Crippen molar-refractivity contribution in [1.82, 2.24) is 10.2 Å². The highest BCUT2D eigenvalue weighted by Gasteiger charge is 2.33. The summed E-state index contributed by atoms with van der Waals surface area (Å²) in [6, 6.07) is 18.1. The van der Waals surface area contributed by atoms with E-state index in [1.807, 2.05) is 38.1 Å². The topological polar surface area (TPSA) is 96.0 Å². The van der Waals surface area contributed by atoms with Crippen LogP contribution in [0.2, 0.25) is 0 Å². The Balaban J connectivity index is 2.10. The summed E-state index contributed by atoms with van der Waals surface area (Å²) in [5.41, 5.74) is 2.72. The van der Waals surface area contributed by atoms with Crippen LogP contribution in [0.3, 0.4) is 0 Å². The van der Waals surface area contributed by atoms with Crippen molar-refractivity contribution in [3.8, 4) is 5.75 Å². The number of hydrogen-bond donors (Lipinski definition) is 1. The summed E-state index contributed by atoms with van der Waals surface area (Å²) in [6.45, 7) is 4.88. The van der Waals surface area contributed by atoms with Crippen molar-refractivity contribution >= 4 is 43.5 Å². The Labute approximate surface area is 232 Å². The minimum Gasteiger partial charge on any atom is -0.495 e. The lowest BCUT2D eigenvalue weighted by Gasteiger charge is -2.32. The van der Waals surface area contributed by atoms with Gasteiger partial charge in [-0.1, -0.05) is 51.8 Å². The fourth-order valence-electron chi connectivity index (χ4n) is 3.92. The molecule has 0 radical (unpaired) electrons. The predicted molar refractivity (Wildman–Crippen MR) is 152 cm³/mol. The quantitative estimate of drug-likeness (QED) is 0.371. The number of carbonyl (C=O) groups is 2. The van der Waals surface area contributed by atoms with Crippen LogP contribution in [0.15, 0.2) is 76.1 Å². The Hall–Kier alpha value is -3.37. The molecule has 0 unspecified atom stereocenters. The summed E-state index contributed by atoms with van der Waals surface area (Å²) in [6.07, 6.45) is 0. The molecule has 0 saturated carbocycles. The van der Waals surface area contributed by atoms with Gasteiger partial charge in [-0.05, 0) is 68.3 Å². The molecule has 10 heteroatoms. The maximum Gasteiger partial charge on any atom is 0.264 e. The molecule has 0 aliphatic heterocycles. The number of methoxy groups -OCH3 is 1. The molecule has 8 nitrogen and oxygen atoms in total. The highest BCUT2D eigenvalue weighted by molar-refractivity contribution is 9.10. The van der Waals surface area contributed by atoms with Crippen LogP contribution in [-0.4, -0.2) is 51.9 Å². The van der Waals surface area contributed by atoms with Gasteiger partial charge < -0.3 is 15.0 Å². The number of sulfonamides is 1. The van der Waals surface area contributed by atoms with Crippen molar-refractivity contribution in [2.45, 2.75) is 38.3 Å². The van der Waals surface area contributed by atoms with Gasteiger partial charge in [-0.2, -0.15) is 0 Å². The first-order valence-electron chi connectivity index (χ1n) is 12.0. The Bertz CT molecular complexity index is 1390. The summed E-state index contributed by atoms with van der Waals surface area (Å²) in [5, 5.41) is 2.57. The number of nitrogens with zero attached hydrogens (tertiary/aromatic N) is 2. The SMILES string of the molecule is CNC(=O)[C@@H](C)N(Cc1ccc(Br)cc1)C(=O)CN(c1cc(C)ccc1OC)S(=O)(=O)c1ccc(C)cc1. The van der Waals surface area contributed by atoms with Gasteiger partial charge in [-0.3, -0.25) is 13.9 Å². The van der Waals surface area contributed by atoms with Crippen molar-refractivity contribution < 1.29 is 22.7 Å². The number of aryl methyl sites for hydroxylation is 2. The van der Waals surface area contributed by atoms with Gasteiger partial charge in [0.2, 0.25) is 11.8 Å². The van der Waals surface area contributed by atoms with E-state index in [9.17, 15) is 18.0 Å². The second kappa shape index (κ2) is 12.4. The molecule has 38 heavy (non-hydrogen) atoms. The predicted octanol–water partition coefficient (Wildman–Crippen LogP) is 4.43. The lowest BCUT2D eigenvalue weighted by atomic mass is 10.1. The second-order valence-corrected chi connectivity index (χ2v) is 11.7. The number of likely N-dealkylation sites (N-methyl/N-ethyl adjacent to an activating group) is 1. The van der Waals surface area contributed by atoms with Crippen LogP contribution in [0.25, 0.3) is 0 Å². The van der Waals surface area contributed by atoms with E-state index < -0.39 is 28.5 Å². The third kappa shape index (κ3) is 6.73. The normalized spacial score (nSPS) is 11.9. The number of ether oxygens (including phenoxy) is 1. The van der Waals surface area contributed by atoms with E-state index in [1.54, 1.807) is 37.3 Å². The zero-order chi connectivity index (χ0) is 28.0. The molecule has 1 N–H and O–H groups in total. The summed E-state index contributed by atoms with van der Waals surface area (Å²) in [5.74, 6) is -0.599. The Morgan fingerprint density at radius 3 is 2.16 bits per heavy atom. The lowest BCUT2D eigenvalue weighted by molar-refractivity contribution is -0.139. The van der Waals surface area contributed by atoms with E-state index in [2.05, 4.69) is 21.2 Å². The average molecular weight is 603 g/mol. The fraction of sp³-hybridized carbons (Fsp3) is 0.286. The van der Waals surface area contributed by atoms with Crippen molar-refractivity contribution in [1.29, 1.82) is 0 Å². The van der Waals surface area contributed by atoms with Crippen LogP contribution < -0.4 is 14.4 Å². The van der Waals surface area contributed by atoms with E-state index in [4.69, 9.17) is 4.74 Å². The van der Waals surface area contributed by atoms with Crippen LogP contribution in [-0.2, 0) is 26.2 Å². The number of carbonyl (C=O) groups excluding carboxylic acids is 2.